The number of piperidine rings is 1. The summed E-state index contributed by atoms with van der Waals surface area (Å²) in [6, 6.07) is 1.51. The lowest BCUT2D eigenvalue weighted by Crippen LogP contribution is -2.51. The number of likely N-dealkylation sites (tertiary alicyclic amines) is 1. The quantitative estimate of drug-likeness (QED) is 0.516. The largest absolute Gasteiger partial charge is 0.477 e. The van der Waals surface area contributed by atoms with E-state index in [0.717, 1.165) is 37.0 Å². The van der Waals surface area contributed by atoms with Crippen molar-refractivity contribution in [2.45, 2.75) is 84.8 Å². The van der Waals surface area contributed by atoms with Gasteiger partial charge in [0.05, 0.1) is 23.5 Å². The molecule has 39 heavy (non-hydrogen) atoms. The van der Waals surface area contributed by atoms with Crippen molar-refractivity contribution >= 4 is 40.9 Å². The average Bonchev–Trinajstić information content (AvgIpc) is 3.49. The second-order valence-electron chi connectivity index (χ2n) is 12.0. The topological polar surface area (TPSA) is 116 Å². The summed E-state index contributed by atoms with van der Waals surface area (Å²) in [6.07, 6.45) is 3.78. The summed E-state index contributed by atoms with van der Waals surface area (Å²) >= 11 is 1.10. The molecule has 2 N–H and O–H groups in total. The number of hydrogen-bond donors (Lipinski definition) is 2. The van der Waals surface area contributed by atoms with Gasteiger partial charge in [0.2, 0.25) is 11.8 Å². The fourth-order valence-corrected chi connectivity index (χ4v) is 6.25. The number of nitrogens with one attached hydrogen (secondary N) is 1. The van der Waals surface area contributed by atoms with E-state index in [1.165, 1.54) is 0 Å². The minimum absolute atomic E-state index is 0.0332. The van der Waals surface area contributed by atoms with Crippen molar-refractivity contribution in [2.24, 2.45) is 17.3 Å². The highest BCUT2D eigenvalue weighted by atomic mass is 32.1. The van der Waals surface area contributed by atoms with Crippen LogP contribution in [0.15, 0.2) is 6.07 Å². The van der Waals surface area contributed by atoms with Crippen molar-refractivity contribution in [1.29, 1.82) is 0 Å². The summed E-state index contributed by atoms with van der Waals surface area (Å²) in [5, 5.41) is 12.7. The summed E-state index contributed by atoms with van der Waals surface area (Å²) in [5.41, 5.74) is 0.163. The Morgan fingerprint density at radius 1 is 1.13 bits per heavy atom. The van der Waals surface area contributed by atoms with Crippen molar-refractivity contribution < 1.29 is 29.0 Å². The maximum Gasteiger partial charge on any atom is 0.410 e. The van der Waals surface area contributed by atoms with E-state index in [9.17, 15) is 24.3 Å². The van der Waals surface area contributed by atoms with Gasteiger partial charge in [-0.25, -0.2) is 9.59 Å². The van der Waals surface area contributed by atoms with Gasteiger partial charge in [0.15, 0.2) is 0 Å². The summed E-state index contributed by atoms with van der Waals surface area (Å²) in [7, 11) is 0. The predicted molar refractivity (Wildman–Crippen MR) is 149 cm³/mol. The number of anilines is 1. The zero-order chi connectivity index (χ0) is 28.3. The lowest BCUT2D eigenvalue weighted by Gasteiger charge is -2.40. The van der Waals surface area contributed by atoms with Gasteiger partial charge < -0.3 is 25.0 Å². The van der Waals surface area contributed by atoms with E-state index >= 15 is 0 Å². The number of thiophene rings is 1. The van der Waals surface area contributed by atoms with E-state index in [0.29, 0.717) is 49.0 Å². The first kappa shape index (κ1) is 28.9. The molecule has 1 aliphatic carbocycles. The van der Waals surface area contributed by atoms with Gasteiger partial charge >= 0.3 is 12.1 Å². The molecular formula is C29H39N3O6S. The van der Waals surface area contributed by atoms with Gasteiger partial charge in [-0.05, 0) is 71.3 Å². The standard InChI is InChI=1S/C29H39N3O6S/c1-18-5-7-19(8-6-18)26(34)32(23-16-22(9-12-29(2,3)4)39-25(23)27(35)36)20-10-13-31(14-11-20)28(37)38-21-15-24(33)30-17-21/h16,18-21H,5-8,10-11,13-15,17H2,1-4H3,(H,30,33)(H,35,36)/t18-,19-,21-/m0/s1. The second-order valence-corrected chi connectivity index (χ2v) is 13.1. The van der Waals surface area contributed by atoms with E-state index in [-0.39, 0.29) is 40.5 Å². The van der Waals surface area contributed by atoms with Crippen LogP contribution in [0.1, 0.15) is 87.2 Å². The molecule has 3 fully saturated rings. The molecule has 0 radical (unpaired) electrons. The van der Waals surface area contributed by atoms with Gasteiger partial charge in [-0.15, -0.1) is 11.3 Å². The molecule has 0 unspecified atom stereocenters. The number of rotatable bonds is 5. The number of carboxylic acids is 1. The molecule has 9 nitrogen and oxygen atoms in total. The van der Waals surface area contributed by atoms with Gasteiger partial charge in [0.25, 0.3) is 0 Å². The van der Waals surface area contributed by atoms with E-state index in [4.69, 9.17) is 4.74 Å². The van der Waals surface area contributed by atoms with Crippen LogP contribution in [0, 0.1) is 29.1 Å². The summed E-state index contributed by atoms with van der Waals surface area (Å²) in [5.74, 6) is 5.47. The summed E-state index contributed by atoms with van der Waals surface area (Å²) in [6.45, 7) is 9.26. The number of carboxylic acid groups (broad SMARTS) is 1. The average molecular weight is 558 g/mol. The molecule has 10 heteroatoms. The third-order valence-corrected chi connectivity index (χ3v) is 8.65. The number of carbonyl (C=O) groups is 4. The number of carbonyl (C=O) groups excluding carboxylic acids is 3. The van der Waals surface area contributed by atoms with Crippen molar-refractivity contribution in [3.63, 3.8) is 0 Å². The molecular weight excluding hydrogens is 518 g/mol. The molecule has 4 rings (SSSR count). The van der Waals surface area contributed by atoms with Gasteiger partial charge in [-0.2, -0.15) is 0 Å². The highest BCUT2D eigenvalue weighted by Crippen LogP contribution is 2.38. The molecule has 1 atom stereocenters. The number of aromatic carboxylic acids is 1. The Morgan fingerprint density at radius 3 is 2.36 bits per heavy atom. The zero-order valence-electron chi connectivity index (χ0n) is 23.2. The Labute approximate surface area is 234 Å². The first-order valence-electron chi connectivity index (χ1n) is 13.9. The molecule has 0 aromatic carbocycles. The van der Waals surface area contributed by atoms with Crippen LogP contribution >= 0.6 is 11.3 Å². The van der Waals surface area contributed by atoms with E-state index in [1.54, 1.807) is 15.9 Å². The highest BCUT2D eigenvalue weighted by Gasteiger charge is 2.38. The monoisotopic (exact) mass is 557 g/mol. The van der Waals surface area contributed by atoms with Crippen LogP contribution in [0.3, 0.4) is 0 Å². The minimum atomic E-state index is -1.07. The molecule has 3 aliphatic rings. The number of hydrogen-bond acceptors (Lipinski definition) is 6. The molecule has 212 valence electrons. The van der Waals surface area contributed by atoms with Gasteiger partial charge in [-0.1, -0.05) is 18.8 Å². The van der Waals surface area contributed by atoms with Crippen LogP contribution in [-0.2, 0) is 14.3 Å². The second kappa shape index (κ2) is 12.0. The van der Waals surface area contributed by atoms with Gasteiger partial charge in [0, 0.05) is 30.5 Å². The van der Waals surface area contributed by atoms with E-state index in [1.807, 2.05) is 20.8 Å². The van der Waals surface area contributed by atoms with Crippen LogP contribution in [0.5, 0.6) is 0 Å². The fraction of sp³-hybridized carbons (Fsp3) is 0.655. The summed E-state index contributed by atoms with van der Waals surface area (Å²) in [4.78, 5) is 54.6. The highest BCUT2D eigenvalue weighted by molar-refractivity contribution is 7.15. The number of ether oxygens (including phenoxy) is 1. The zero-order valence-corrected chi connectivity index (χ0v) is 24.1. The molecule has 3 heterocycles. The Balaban J connectivity index is 1.57. The van der Waals surface area contributed by atoms with Crippen molar-refractivity contribution in [3.8, 4) is 11.8 Å². The SMILES string of the molecule is CC(C)(C)C#Cc1cc(N(C(=O)[C@H]2CC[C@H](C)CC2)C2CCN(C(=O)O[C@@H]3CNC(=O)C3)CC2)c(C(=O)O)s1. The summed E-state index contributed by atoms with van der Waals surface area (Å²) < 4.78 is 5.49. The smallest absolute Gasteiger partial charge is 0.410 e. The van der Waals surface area contributed by atoms with Crippen LogP contribution in [0.2, 0.25) is 0 Å². The van der Waals surface area contributed by atoms with Crippen LogP contribution in [0.4, 0.5) is 10.5 Å². The minimum Gasteiger partial charge on any atom is -0.477 e. The molecule has 2 aliphatic heterocycles. The molecule has 3 amide bonds. The van der Waals surface area contributed by atoms with Crippen molar-refractivity contribution in [3.05, 3.63) is 15.8 Å². The van der Waals surface area contributed by atoms with Crippen LogP contribution in [0.25, 0.3) is 0 Å². The van der Waals surface area contributed by atoms with Gasteiger partial charge in [-0.3, -0.25) is 9.59 Å². The Kier molecular flexibility index (Phi) is 8.90. The lowest BCUT2D eigenvalue weighted by atomic mass is 9.82. The Bertz CT molecular complexity index is 1160. The van der Waals surface area contributed by atoms with E-state index in [2.05, 4.69) is 24.1 Å². The van der Waals surface area contributed by atoms with Crippen LogP contribution < -0.4 is 10.2 Å². The van der Waals surface area contributed by atoms with Gasteiger partial charge in [0.1, 0.15) is 11.0 Å². The molecule has 1 aromatic heterocycles. The molecule has 0 bridgehead atoms. The number of amides is 3. The predicted octanol–water partition coefficient (Wildman–Crippen LogP) is 4.49. The molecule has 1 saturated carbocycles. The molecule has 0 spiro atoms. The fourth-order valence-electron chi connectivity index (χ4n) is 5.41. The first-order chi connectivity index (χ1) is 18.4. The third kappa shape index (κ3) is 7.33. The molecule has 1 aromatic rings. The maximum atomic E-state index is 14.0. The number of nitrogens with zero attached hydrogens (tertiary/aromatic N) is 2. The third-order valence-electron chi connectivity index (χ3n) is 7.62. The lowest BCUT2D eigenvalue weighted by molar-refractivity contribution is -0.124. The van der Waals surface area contributed by atoms with Crippen molar-refractivity contribution in [2.75, 3.05) is 24.5 Å². The molecule has 2 saturated heterocycles. The maximum absolute atomic E-state index is 14.0. The normalized spacial score (nSPS) is 23.9. The van der Waals surface area contributed by atoms with Crippen molar-refractivity contribution in [1.82, 2.24) is 10.2 Å². The Hall–Kier alpha value is -3.06. The van der Waals surface area contributed by atoms with Crippen LogP contribution in [-0.4, -0.2) is 65.7 Å². The Morgan fingerprint density at radius 2 is 1.79 bits per heavy atom. The first-order valence-corrected chi connectivity index (χ1v) is 14.7. The van der Waals surface area contributed by atoms with E-state index < -0.39 is 18.2 Å².